The number of alkyl halides is 1. The molecule has 0 radical (unpaired) electrons. The van der Waals surface area contributed by atoms with Crippen molar-refractivity contribution in [3.8, 4) is 11.8 Å². The summed E-state index contributed by atoms with van der Waals surface area (Å²) >= 11 is 6.16. The molecule has 0 bridgehead atoms. The molecule has 0 heterocycles. The van der Waals surface area contributed by atoms with Gasteiger partial charge in [-0.2, -0.15) is 0 Å². The summed E-state index contributed by atoms with van der Waals surface area (Å²) in [5, 5.41) is 55.1. The Hall–Kier alpha value is -8.93. The maximum Gasteiger partial charge on any atom is 0.310 e. The zero-order valence-corrected chi connectivity index (χ0v) is 39.9. The number of nitro groups is 2. The van der Waals surface area contributed by atoms with E-state index in [9.17, 15) is 34.2 Å². The van der Waals surface area contributed by atoms with Crippen molar-refractivity contribution in [3.63, 3.8) is 0 Å². The predicted molar refractivity (Wildman–Crippen MR) is 281 cm³/mol. The van der Waals surface area contributed by atoms with Gasteiger partial charge in [0.05, 0.1) is 58.7 Å². The van der Waals surface area contributed by atoms with Gasteiger partial charge in [0.1, 0.15) is 12.4 Å². The topological polar surface area (TPSA) is 214 Å². The number of fused-ring (bicyclic) bond motifs is 2. The number of anilines is 3. The number of nitriles is 1. The fourth-order valence-corrected chi connectivity index (χ4v) is 6.94. The summed E-state index contributed by atoms with van der Waals surface area (Å²) in [7, 11) is 3.49. The quantitative estimate of drug-likeness (QED) is 0.0426. The van der Waals surface area contributed by atoms with Crippen LogP contribution in [0.1, 0.15) is 49.4 Å². The van der Waals surface area contributed by atoms with Crippen molar-refractivity contribution >= 4 is 79.1 Å². The molecule has 374 valence electrons. The first kappa shape index (κ1) is 57.4. The van der Waals surface area contributed by atoms with E-state index in [0.717, 1.165) is 72.7 Å². The van der Waals surface area contributed by atoms with E-state index in [0.29, 0.717) is 17.1 Å². The van der Waals surface area contributed by atoms with Gasteiger partial charge in [-0.1, -0.05) is 91.8 Å². The van der Waals surface area contributed by atoms with Crippen LogP contribution < -0.4 is 15.0 Å². The second-order valence-electron chi connectivity index (χ2n) is 15.4. The number of carbonyl (C=O) groups is 2. The van der Waals surface area contributed by atoms with Crippen molar-refractivity contribution < 1.29 is 43.5 Å². The van der Waals surface area contributed by atoms with Crippen molar-refractivity contribution in [2.24, 2.45) is 0 Å². The molecule has 3 N–H and O–H groups in total. The Morgan fingerprint density at radius 3 is 2.06 bits per heavy atom. The van der Waals surface area contributed by atoms with Crippen molar-refractivity contribution in [1.29, 1.82) is 6.71 Å². The van der Waals surface area contributed by atoms with E-state index in [4.69, 9.17) is 43.1 Å². The minimum Gasteiger partial charge on any atom is -0.497 e. The Balaban J connectivity index is 0.000000334. The molecular formula is C54H53ClF2N6O9. The number of nitrogens with one attached hydrogen (secondary N) is 1. The van der Waals surface area contributed by atoms with E-state index in [2.05, 4.69) is 11.6 Å². The Morgan fingerprint density at radius 1 is 0.889 bits per heavy atom. The molecule has 0 amide bonds. The molecule has 72 heavy (non-hydrogen) atoms. The van der Waals surface area contributed by atoms with Crippen molar-refractivity contribution in [2.45, 2.75) is 40.5 Å². The van der Waals surface area contributed by atoms with Crippen LogP contribution in [0.4, 0.5) is 37.5 Å². The maximum absolute atomic E-state index is 12.4. The molecule has 1 unspecified atom stereocenters. The number of para-hydroxylation sites is 2. The van der Waals surface area contributed by atoms with Gasteiger partial charge in [-0.15, -0.1) is 0 Å². The molecule has 15 nitrogen and oxygen atoms in total. The molecule has 7 rings (SSSR count). The number of aryl methyl sites for hydroxylation is 1. The molecule has 0 aliphatic heterocycles. The third kappa shape index (κ3) is 16.6. The summed E-state index contributed by atoms with van der Waals surface area (Å²) in [6.45, 7) is 12.4. The van der Waals surface area contributed by atoms with Gasteiger partial charge >= 0.3 is 11.9 Å². The molecule has 7 aromatic rings. The first-order valence-electron chi connectivity index (χ1n) is 21.6. The molecule has 18 heteroatoms. The van der Waals surface area contributed by atoms with E-state index in [1.807, 2.05) is 128 Å². The van der Waals surface area contributed by atoms with Crippen LogP contribution in [-0.4, -0.2) is 60.8 Å². The lowest BCUT2D eigenvalue weighted by Gasteiger charge is -2.18. The highest BCUT2D eigenvalue weighted by Crippen LogP contribution is 2.31. The van der Waals surface area contributed by atoms with E-state index in [1.54, 1.807) is 33.1 Å². The van der Waals surface area contributed by atoms with Gasteiger partial charge in [-0.05, 0) is 119 Å². The maximum atomic E-state index is 12.4. The molecule has 0 aliphatic carbocycles. The van der Waals surface area contributed by atoms with Gasteiger partial charge in [0.15, 0.2) is 0 Å². The van der Waals surface area contributed by atoms with Crippen LogP contribution >= 0.6 is 11.6 Å². The summed E-state index contributed by atoms with van der Waals surface area (Å²) in [6, 6.07) is 42.7. The zero-order chi connectivity index (χ0) is 53.5. The summed E-state index contributed by atoms with van der Waals surface area (Å²) in [5.74, 6) is -1.35. The smallest absolute Gasteiger partial charge is 0.310 e. The number of carboxylic acids is 2. The average Bonchev–Trinajstić information content (AvgIpc) is 3.38. The molecule has 0 saturated carbocycles. The minimum atomic E-state index is -0.856. The molecular weight excluding hydrogens is 950 g/mol. The number of aliphatic carboxylic acids is 2. The fourth-order valence-electron chi connectivity index (χ4n) is 6.67. The number of methoxy groups -OCH3 is 1. The monoisotopic (exact) mass is 1000 g/mol. The molecule has 0 fully saturated rings. The standard InChI is InChI=1S/C18H16FN3.C15H14ClNO2.C14H14O3.C6H4N2O4.CH4.FH/c1-13(18(12-20)21-2)14-4-5-16-11-17(22(3)9-8-19)7-6-15(16)10-14;1-10-5-4-7-12(16)15(10)17-13-8-3-2-6-11(13)9-14(18)19;1-9(14(15)16)10-3-4-12-8-13(17-2)6-5-11(12)7-10;9-7(10)5-2-1-3-6(4-5)8(11)12;;/h4-7,10-11H,8-9H2,1,3H3;2-8,17H,9H2,1H3,(H,18,19);3-9H,1-2H3,(H,15,16);1-4H;1H4;1H/b18-13-;;;;;/i/hD. The van der Waals surface area contributed by atoms with Gasteiger partial charge in [-0.25, -0.2) is 14.5 Å². The lowest BCUT2D eigenvalue weighted by molar-refractivity contribution is -0.394. The second-order valence-corrected chi connectivity index (χ2v) is 15.8. The number of benzene rings is 7. The third-order valence-corrected chi connectivity index (χ3v) is 11.0. The average molecular weight is 1000 g/mol. The van der Waals surface area contributed by atoms with E-state index in [1.165, 1.54) is 18.2 Å². The normalized spacial score (nSPS) is 10.8. The lowest BCUT2D eigenvalue weighted by atomic mass is 9.98. The number of rotatable bonds is 13. The predicted octanol–water partition coefficient (Wildman–Crippen LogP) is 13.8. The first-order valence-corrected chi connectivity index (χ1v) is 21.6. The number of carboxylic acid groups (broad SMARTS) is 2. The Labute approximate surface area is 422 Å². The van der Waals surface area contributed by atoms with Crippen LogP contribution in [0.25, 0.3) is 32.0 Å². The number of non-ortho nitro benzene ring substituents is 2. The molecule has 0 aromatic heterocycles. The van der Waals surface area contributed by atoms with Gasteiger partial charge in [0, 0.05) is 37.1 Å². The highest BCUT2D eigenvalue weighted by molar-refractivity contribution is 6.33. The van der Waals surface area contributed by atoms with Crippen molar-refractivity contribution in [2.75, 3.05) is 37.6 Å². The second kappa shape index (κ2) is 28.5. The highest BCUT2D eigenvalue weighted by atomic mass is 35.5. The van der Waals surface area contributed by atoms with Crippen molar-refractivity contribution in [1.82, 2.24) is 0 Å². The van der Waals surface area contributed by atoms with Crippen LogP contribution in [0.2, 0.25) is 5.02 Å². The van der Waals surface area contributed by atoms with Crippen LogP contribution in [0.3, 0.4) is 0 Å². The van der Waals surface area contributed by atoms with Gasteiger partial charge < -0.3 is 25.2 Å². The number of halogens is 3. The number of allylic oxidation sites excluding steroid dienone is 2. The number of nitro benzene ring substituents is 2. The number of nitrogens with zero attached hydrogens (tertiary/aromatic N) is 5. The van der Waals surface area contributed by atoms with Crippen LogP contribution in [0.5, 0.6) is 5.75 Å². The molecule has 0 aliphatic rings. The van der Waals surface area contributed by atoms with E-state index >= 15 is 0 Å². The fraction of sp³-hybridized carbons (Fsp3) is 0.185. The minimum absolute atomic E-state index is 0. The molecule has 1 atom stereocenters. The summed E-state index contributed by atoms with van der Waals surface area (Å²) in [5.41, 5.74) is 6.20. The largest absolute Gasteiger partial charge is 0.497 e. The molecule has 0 spiro atoms. The number of hydrogen-bond donors (Lipinski definition) is 3. The Bertz CT molecular complexity index is 3100. The number of ether oxygens (including phenoxy) is 1. The van der Waals surface area contributed by atoms with Crippen LogP contribution in [-0.2, 0) is 16.0 Å². The Kier molecular flexibility index (Phi) is 22.7. The highest BCUT2D eigenvalue weighted by Gasteiger charge is 2.15. The summed E-state index contributed by atoms with van der Waals surface area (Å²) < 4.78 is 30.6. The SMILES string of the molecule is C.COc1ccc2cc(C(C)C(=O)O)ccc2c1.Cc1cccc(Cl)c1Nc1ccccc1CC(=O)O.O=[N+]([O-])c1cccc([N+](=O)[O-])c1.[2H]F.[C-]#[N+]/C(C#N)=C(/C)c1ccc2cc(N(C)CCF)ccc2c1. The van der Waals surface area contributed by atoms with Gasteiger partial charge in [-0.3, -0.25) is 34.5 Å². The van der Waals surface area contributed by atoms with Gasteiger partial charge in [0.25, 0.3) is 18.5 Å². The summed E-state index contributed by atoms with van der Waals surface area (Å²) in [6.07, 6.45) is -0.0212. The zero-order valence-electron chi connectivity index (χ0n) is 40.1. The lowest BCUT2D eigenvalue weighted by Crippen LogP contribution is -2.19. The number of hydrogen-bond acceptors (Lipinski definition) is 10. The van der Waals surface area contributed by atoms with Crippen molar-refractivity contribution in [3.05, 3.63) is 204 Å². The van der Waals surface area contributed by atoms with Gasteiger partial charge in [0.2, 0.25) is 0 Å². The van der Waals surface area contributed by atoms with E-state index in [-0.39, 0.29) is 37.6 Å². The molecule has 7 aromatic carbocycles. The molecule has 0 saturated heterocycles. The third-order valence-electron chi connectivity index (χ3n) is 10.7. The first-order chi connectivity index (χ1) is 34.4. The van der Waals surface area contributed by atoms with Crippen LogP contribution in [0.15, 0.2) is 145 Å². The van der Waals surface area contributed by atoms with Crippen LogP contribution in [0, 0.1) is 45.1 Å². The Morgan fingerprint density at radius 2 is 1.47 bits per heavy atom. The van der Waals surface area contributed by atoms with E-state index < -0.39 is 27.7 Å². The summed E-state index contributed by atoms with van der Waals surface area (Å²) in [4.78, 5) is 45.9.